The van der Waals surface area contributed by atoms with Crippen LogP contribution in [0.2, 0.25) is 0 Å². The molecule has 1 rings (SSSR count). The quantitative estimate of drug-likeness (QED) is 0.684. The van der Waals surface area contributed by atoms with Gasteiger partial charge < -0.3 is 10.1 Å². The van der Waals surface area contributed by atoms with E-state index in [2.05, 4.69) is 31.3 Å². The SMILES string of the molecule is CCOC(C)(C)CNC1C=CCCC1. The van der Waals surface area contributed by atoms with Crippen molar-refractivity contribution in [3.05, 3.63) is 12.2 Å². The first-order valence-electron chi connectivity index (χ1n) is 5.68. The molecule has 0 spiro atoms. The van der Waals surface area contributed by atoms with E-state index in [4.69, 9.17) is 4.74 Å². The molecule has 0 aromatic rings. The lowest BCUT2D eigenvalue weighted by Crippen LogP contribution is -2.42. The number of rotatable bonds is 5. The Labute approximate surface area is 87.7 Å². The van der Waals surface area contributed by atoms with E-state index < -0.39 is 0 Å². The van der Waals surface area contributed by atoms with Crippen molar-refractivity contribution in [1.82, 2.24) is 5.32 Å². The van der Waals surface area contributed by atoms with Gasteiger partial charge in [-0.2, -0.15) is 0 Å². The predicted octanol–water partition coefficient (Wildman–Crippen LogP) is 2.50. The van der Waals surface area contributed by atoms with Crippen molar-refractivity contribution >= 4 is 0 Å². The molecule has 0 bridgehead atoms. The summed E-state index contributed by atoms with van der Waals surface area (Å²) in [6, 6.07) is 0.559. The van der Waals surface area contributed by atoms with Gasteiger partial charge in [0.05, 0.1) is 5.60 Å². The van der Waals surface area contributed by atoms with Crippen LogP contribution in [0, 0.1) is 0 Å². The summed E-state index contributed by atoms with van der Waals surface area (Å²) in [5, 5.41) is 3.53. The molecule has 2 nitrogen and oxygen atoms in total. The number of allylic oxidation sites excluding steroid dienone is 1. The number of nitrogens with one attached hydrogen (secondary N) is 1. The molecule has 1 atom stereocenters. The minimum Gasteiger partial charge on any atom is -0.375 e. The number of hydrogen-bond acceptors (Lipinski definition) is 2. The van der Waals surface area contributed by atoms with Crippen LogP contribution >= 0.6 is 0 Å². The highest BCUT2D eigenvalue weighted by Gasteiger charge is 2.19. The minimum atomic E-state index is -0.0416. The van der Waals surface area contributed by atoms with Gasteiger partial charge >= 0.3 is 0 Å². The molecule has 2 heteroatoms. The Balaban J connectivity index is 2.24. The zero-order chi connectivity index (χ0) is 10.4. The lowest BCUT2D eigenvalue weighted by Gasteiger charge is -2.28. The summed E-state index contributed by atoms with van der Waals surface area (Å²) >= 11 is 0. The van der Waals surface area contributed by atoms with E-state index in [1.165, 1.54) is 19.3 Å². The van der Waals surface area contributed by atoms with Crippen molar-refractivity contribution in [2.45, 2.75) is 51.7 Å². The Morgan fingerprint density at radius 1 is 1.50 bits per heavy atom. The van der Waals surface area contributed by atoms with Crippen LogP contribution in [-0.4, -0.2) is 24.8 Å². The molecule has 0 heterocycles. The molecule has 0 aliphatic heterocycles. The molecule has 0 fully saturated rings. The molecule has 1 unspecified atom stereocenters. The fourth-order valence-corrected chi connectivity index (χ4v) is 1.80. The van der Waals surface area contributed by atoms with Crippen LogP contribution in [0.1, 0.15) is 40.0 Å². The van der Waals surface area contributed by atoms with Crippen molar-refractivity contribution < 1.29 is 4.74 Å². The van der Waals surface area contributed by atoms with Gasteiger partial charge in [-0.1, -0.05) is 12.2 Å². The smallest absolute Gasteiger partial charge is 0.0750 e. The van der Waals surface area contributed by atoms with E-state index in [9.17, 15) is 0 Å². The predicted molar refractivity (Wildman–Crippen MR) is 60.5 cm³/mol. The Morgan fingerprint density at radius 3 is 2.86 bits per heavy atom. The van der Waals surface area contributed by atoms with Crippen molar-refractivity contribution in [2.75, 3.05) is 13.2 Å². The molecule has 1 N–H and O–H groups in total. The fraction of sp³-hybridized carbons (Fsp3) is 0.833. The van der Waals surface area contributed by atoms with Crippen LogP contribution in [0.15, 0.2) is 12.2 Å². The van der Waals surface area contributed by atoms with Crippen LogP contribution in [0.4, 0.5) is 0 Å². The van der Waals surface area contributed by atoms with Gasteiger partial charge in [-0.3, -0.25) is 0 Å². The van der Waals surface area contributed by atoms with Gasteiger partial charge in [0.2, 0.25) is 0 Å². The maximum absolute atomic E-state index is 5.63. The normalized spacial score (nSPS) is 22.6. The Kier molecular flexibility index (Phi) is 4.63. The van der Waals surface area contributed by atoms with Gasteiger partial charge in [-0.25, -0.2) is 0 Å². The summed E-state index contributed by atoms with van der Waals surface area (Å²) in [5.41, 5.74) is -0.0416. The third-order valence-electron chi connectivity index (χ3n) is 2.58. The summed E-state index contributed by atoms with van der Waals surface area (Å²) < 4.78 is 5.63. The first-order valence-corrected chi connectivity index (χ1v) is 5.68. The average molecular weight is 197 g/mol. The molecule has 0 aromatic heterocycles. The second-order valence-electron chi connectivity index (χ2n) is 4.54. The van der Waals surface area contributed by atoms with E-state index in [0.29, 0.717) is 6.04 Å². The highest BCUT2D eigenvalue weighted by molar-refractivity contribution is 4.98. The van der Waals surface area contributed by atoms with Crippen LogP contribution < -0.4 is 5.32 Å². The topological polar surface area (TPSA) is 21.3 Å². The van der Waals surface area contributed by atoms with Gasteiger partial charge in [-0.15, -0.1) is 0 Å². The maximum atomic E-state index is 5.63. The molecule has 14 heavy (non-hydrogen) atoms. The van der Waals surface area contributed by atoms with Crippen LogP contribution in [0.25, 0.3) is 0 Å². The van der Waals surface area contributed by atoms with E-state index >= 15 is 0 Å². The molecule has 0 amide bonds. The van der Waals surface area contributed by atoms with Gasteiger partial charge in [-0.05, 0) is 40.0 Å². The van der Waals surface area contributed by atoms with Gasteiger partial charge in [0.1, 0.15) is 0 Å². The Bertz CT molecular complexity index is 187. The van der Waals surface area contributed by atoms with E-state index in [1.54, 1.807) is 0 Å². The monoisotopic (exact) mass is 197 g/mol. The van der Waals surface area contributed by atoms with E-state index in [-0.39, 0.29) is 5.60 Å². The largest absolute Gasteiger partial charge is 0.375 e. The fourth-order valence-electron chi connectivity index (χ4n) is 1.80. The molecule has 82 valence electrons. The molecule has 0 saturated heterocycles. The highest BCUT2D eigenvalue weighted by atomic mass is 16.5. The summed E-state index contributed by atoms with van der Waals surface area (Å²) in [7, 11) is 0. The van der Waals surface area contributed by atoms with Crippen molar-refractivity contribution in [2.24, 2.45) is 0 Å². The Morgan fingerprint density at radius 2 is 2.29 bits per heavy atom. The highest BCUT2D eigenvalue weighted by Crippen LogP contribution is 2.12. The molecule has 0 saturated carbocycles. The van der Waals surface area contributed by atoms with Gasteiger partial charge in [0.15, 0.2) is 0 Å². The molecule has 1 aliphatic rings. The first-order chi connectivity index (χ1) is 6.64. The van der Waals surface area contributed by atoms with Gasteiger partial charge in [0.25, 0.3) is 0 Å². The Hall–Kier alpha value is -0.340. The molecule has 0 radical (unpaired) electrons. The molecular weight excluding hydrogens is 174 g/mol. The number of ether oxygens (including phenoxy) is 1. The summed E-state index contributed by atoms with van der Waals surface area (Å²) in [5.74, 6) is 0. The second-order valence-corrected chi connectivity index (χ2v) is 4.54. The molecular formula is C12H23NO. The standard InChI is InChI=1S/C12H23NO/c1-4-14-12(2,3)10-13-11-8-6-5-7-9-11/h6,8,11,13H,4-5,7,9-10H2,1-3H3. The van der Waals surface area contributed by atoms with Crippen molar-refractivity contribution in [1.29, 1.82) is 0 Å². The third kappa shape index (κ3) is 4.25. The zero-order valence-electron chi connectivity index (χ0n) is 9.68. The zero-order valence-corrected chi connectivity index (χ0v) is 9.68. The van der Waals surface area contributed by atoms with Crippen LogP contribution in [-0.2, 0) is 4.74 Å². The maximum Gasteiger partial charge on any atom is 0.0750 e. The molecule has 1 aliphatic carbocycles. The summed E-state index contributed by atoms with van der Waals surface area (Å²) in [6.45, 7) is 8.03. The lowest BCUT2D eigenvalue weighted by molar-refractivity contribution is -0.00996. The third-order valence-corrected chi connectivity index (χ3v) is 2.58. The summed E-state index contributed by atoms with van der Waals surface area (Å²) in [6.07, 6.45) is 8.37. The number of hydrogen-bond donors (Lipinski definition) is 1. The average Bonchev–Trinajstić information content (AvgIpc) is 2.17. The minimum absolute atomic E-state index is 0.0416. The van der Waals surface area contributed by atoms with Gasteiger partial charge in [0, 0.05) is 19.2 Å². The van der Waals surface area contributed by atoms with E-state index in [1.807, 2.05) is 6.92 Å². The molecule has 0 aromatic carbocycles. The van der Waals surface area contributed by atoms with Crippen molar-refractivity contribution in [3.63, 3.8) is 0 Å². The second kappa shape index (κ2) is 5.52. The van der Waals surface area contributed by atoms with Crippen LogP contribution in [0.3, 0.4) is 0 Å². The van der Waals surface area contributed by atoms with Crippen LogP contribution in [0.5, 0.6) is 0 Å². The van der Waals surface area contributed by atoms with E-state index in [0.717, 1.165) is 13.2 Å². The van der Waals surface area contributed by atoms with Crippen molar-refractivity contribution in [3.8, 4) is 0 Å². The lowest BCUT2D eigenvalue weighted by atomic mass is 10.0. The summed E-state index contributed by atoms with van der Waals surface area (Å²) in [4.78, 5) is 0. The first kappa shape index (κ1) is 11.7.